The number of aliphatic hydroxyl groups is 1. The van der Waals surface area contributed by atoms with Crippen molar-refractivity contribution in [2.24, 2.45) is 5.92 Å². The molecular weight excluding hydrogens is 371 g/mol. The monoisotopic (exact) mass is 397 g/mol. The molecule has 2 N–H and O–H groups in total. The van der Waals surface area contributed by atoms with E-state index >= 15 is 0 Å². The standard InChI is InChI=1S/C13H15N3O2.C7H11F3/c17-13(5-6-18-9-13)8-14-12-11-4-2-1-3-10(11)7-15-16-12;8-7(9,10)6-4-2-1-3-5-6/h1-4,7,17H,5-6,8-9H2,(H,14,16);6H,1-5H2. The molecule has 0 bridgehead atoms. The third kappa shape index (κ3) is 5.54. The summed E-state index contributed by atoms with van der Waals surface area (Å²) in [7, 11) is 0. The fraction of sp³-hybridized carbons (Fsp3) is 0.600. The SMILES string of the molecule is FC(F)(F)C1CCCCC1.OC1(CNc2nncc3ccccc23)CCOC1. The molecule has 4 rings (SSSR count). The summed E-state index contributed by atoms with van der Waals surface area (Å²) >= 11 is 0. The minimum Gasteiger partial charge on any atom is -0.386 e. The first kappa shape index (κ1) is 20.8. The van der Waals surface area contributed by atoms with Crippen LogP contribution in [-0.2, 0) is 4.74 Å². The van der Waals surface area contributed by atoms with Gasteiger partial charge in [0.25, 0.3) is 0 Å². The molecule has 1 aliphatic carbocycles. The number of hydrogen-bond donors (Lipinski definition) is 2. The summed E-state index contributed by atoms with van der Waals surface area (Å²) in [5, 5.41) is 23.4. The number of nitrogens with zero attached hydrogens (tertiary/aromatic N) is 2. The molecule has 2 heterocycles. The quantitative estimate of drug-likeness (QED) is 0.807. The molecule has 0 radical (unpaired) electrons. The molecule has 8 heteroatoms. The van der Waals surface area contributed by atoms with Gasteiger partial charge in [-0.25, -0.2) is 0 Å². The predicted octanol–water partition coefficient (Wildman–Crippen LogP) is 4.32. The average Bonchev–Trinajstić information content (AvgIpc) is 3.14. The Labute approximate surface area is 162 Å². The first-order valence-electron chi connectivity index (χ1n) is 9.69. The van der Waals surface area contributed by atoms with Crippen molar-refractivity contribution in [3.8, 4) is 0 Å². The highest BCUT2D eigenvalue weighted by Gasteiger charge is 2.39. The van der Waals surface area contributed by atoms with Gasteiger partial charge in [-0.3, -0.25) is 0 Å². The Balaban J connectivity index is 0.000000192. The maximum atomic E-state index is 11.9. The van der Waals surface area contributed by atoms with Crippen molar-refractivity contribution in [3.63, 3.8) is 0 Å². The largest absolute Gasteiger partial charge is 0.391 e. The highest BCUT2D eigenvalue weighted by atomic mass is 19.4. The van der Waals surface area contributed by atoms with E-state index in [-0.39, 0.29) is 0 Å². The molecule has 1 saturated carbocycles. The summed E-state index contributed by atoms with van der Waals surface area (Å²) in [4.78, 5) is 0. The number of ether oxygens (including phenoxy) is 1. The van der Waals surface area contributed by atoms with Gasteiger partial charge in [0.2, 0.25) is 0 Å². The molecule has 2 aromatic rings. The first-order chi connectivity index (χ1) is 13.4. The Kier molecular flexibility index (Phi) is 6.72. The third-order valence-corrected chi connectivity index (χ3v) is 5.31. The molecule has 1 aromatic heterocycles. The fourth-order valence-electron chi connectivity index (χ4n) is 3.57. The van der Waals surface area contributed by atoms with Gasteiger partial charge in [-0.1, -0.05) is 43.5 Å². The van der Waals surface area contributed by atoms with Crippen molar-refractivity contribution < 1.29 is 23.0 Å². The van der Waals surface area contributed by atoms with Crippen LogP contribution in [0.25, 0.3) is 10.8 Å². The summed E-state index contributed by atoms with van der Waals surface area (Å²) in [5.41, 5.74) is -0.793. The normalized spacial score (nSPS) is 23.3. The van der Waals surface area contributed by atoms with Crippen molar-refractivity contribution in [2.75, 3.05) is 25.1 Å². The van der Waals surface area contributed by atoms with Crippen LogP contribution in [0.3, 0.4) is 0 Å². The number of alkyl halides is 3. The Morgan fingerprint density at radius 1 is 1.18 bits per heavy atom. The Hall–Kier alpha value is -1.93. The van der Waals surface area contributed by atoms with Crippen LogP contribution in [0, 0.1) is 5.92 Å². The number of anilines is 1. The van der Waals surface area contributed by atoms with Gasteiger partial charge in [0.05, 0.1) is 18.7 Å². The second kappa shape index (κ2) is 9.05. The van der Waals surface area contributed by atoms with Gasteiger partial charge in [0, 0.05) is 30.3 Å². The highest BCUT2D eigenvalue weighted by Crippen LogP contribution is 2.37. The summed E-state index contributed by atoms with van der Waals surface area (Å²) in [6.07, 6.45) is 1.64. The van der Waals surface area contributed by atoms with Crippen LogP contribution in [0.15, 0.2) is 30.5 Å². The number of rotatable bonds is 3. The maximum Gasteiger partial charge on any atom is 0.391 e. The van der Waals surface area contributed by atoms with E-state index in [1.807, 2.05) is 24.3 Å². The zero-order valence-electron chi connectivity index (χ0n) is 15.7. The van der Waals surface area contributed by atoms with Crippen LogP contribution in [0.2, 0.25) is 0 Å². The predicted molar refractivity (Wildman–Crippen MR) is 101 cm³/mol. The summed E-state index contributed by atoms with van der Waals surface area (Å²) in [5.74, 6) is -0.297. The maximum absolute atomic E-state index is 11.9. The lowest BCUT2D eigenvalue weighted by Gasteiger charge is -2.23. The number of hydrogen-bond acceptors (Lipinski definition) is 5. The van der Waals surface area contributed by atoms with E-state index in [1.54, 1.807) is 6.20 Å². The second-order valence-electron chi connectivity index (χ2n) is 7.54. The highest BCUT2D eigenvalue weighted by molar-refractivity contribution is 5.90. The molecule has 0 amide bonds. The lowest BCUT2D eigenvalue weighted by Crippen LogP contribution is -2.37. The molecule has 1 aliphatic heterocycles. The first-order valence-corrected chi connectivity index (χ1v) is 9.69. The zero-order valence-corrected chi connectivity index (χ0v) is 15.7. The van der Waals surface area contributed by atoms with Gasteiger partial charge in [0.15, 0.2) is 5.82 Å². The molecule has 0 spiro atoms. The summed E-state index contributed by atoms with van der Waals surface area (Å²) in [6.45, 7) is 1.41. The molecule has 2 aliphatic rings. The van der Waals surface area contributed by atoms with E-state index < -0.39 is 17.7 Å². The molecular formula is C20H26F3N3O2. The minimum absolute atomic E-state index is 0.351. The molecule has 5 nitrogen and oxygen atoms in total. The molecule has 1 aromatic carbocycles. The molecule has 28 heavy (non-hydrogen) atoms. The van der Waals surface area contributed by atoms with E-state index in [2.05, 4.69) is 15.5 Å². The lowest BCUT2D eigenvalue weighted by molar-refractivity contribution is -0.181. The van der Waals surface area contributed by atoms with Gasteiger partial charge in [-0.2, -0.15) is 18.3 Å². The van der Waals surface area contributed by atoms with Crippen LogP contribution >= 0.6 is 0 Å². The summed E-state index contributed by atoms with van der Waals surface area (Å²) < 4.78 is 41.0. The number of benzene rings is 1. The van der Waals surface area contributed by atoms with Crippen LogP contribution < -0.4 is 5.32 Å². The number of halogens is 3. The smallest absolute Gasteiger partial charge is 0.386 e. The van der Waals surface area contributed by atoms with Crippen molar-refractivity contribution in [1.29, 1.82) is 0 Å². The molecule has 1 unspecified atom stereocenters. The van der Waals surface area contributed by atoms with Gasteiger partial charge < -0.3 is 15.2 Å². The molecule has 1 saturated heterocycles. The number of nitrogens with one attached hydrogen (secondary N) is 1. The minimum atomic E-state index is -3.93. The van der Waals surface area contributed by atoms with Gasteiger partial charge in [-0.15, -0.1) is 5.10 Å². The molecule has 2 fully saturated rings. The van der Waals surface area contributed by atoms with E-state index in [9.17, 15) is 18.3 Å². The average molecular weight is 397 g/mol. The molecule has 154 valence electrons. The van der Waals surface area contributed by atoms with E-state index in [0.717, 1.165) is 30.0 Å². The number of fused-ring (bicyclic) bond motifs is 1. The second-order valence-corrected chi connectivity index (χ2v) is 7.54. The summed E-state index contributed by atoms with van der Waals surface area (Å²) in [6, 6.07) is 7.90. The number of aromatic nitrogens is 2. The Bertz CT molecular complexity index is 752. The lowest BCUT2D eigenvalue weighted by atomic mass is 9.89. The van der Waals surface area contributed by atoms with Gasteiger partial charge in [0.1, 0.15) is 5.60 Å². The molecule has 1 atom stereocenters. The van der Waals surface area contributed by atoms with Crippen LogP contribution in [0.5, 0.6) is 0 Å². The zero-order chi connectivity index (χ0) is 20.0. The van der Waals surface area contributed by atoms with Gasteiger partial charge in [-0.05, 0) is 12.8 Å². The van der Waals surface area contributed by atoms with Crippen molar-refractivity contribution in [1.82, 2.24) is 10.2 Å². The van der Waals surface area contributed by atoms with Gasteiger partial charge >= 0.3 is 6.18 Å². The van der Waals surface area contributed by atoms with E-state index in [4.69, 9.17) is 4.74 Å². The Morgan fingerprint density at radius 2 is 1.93 bits per heavy atom. The van der Waals surface area contributed by atoms with Crippen molar-refractivity contribution >= 4 is 16.6 Å². The van der Waals surface area contributed by atoms with E-state index in [0.29, 0.717) is 44.8 Å². The van der Waals surface area contributed by atoms with Crippen molar-refractivity contribution in [3.05, 3.63) is 30.5 Å². The van der Waals surface area contributed by atoms with E-state index in [1.165, 1.54) is 0 Å². The fourth-order valence-corrected chi connectivity index (χ4v) is 3.57. The van der Waals surface area contributed by atoms with Crippen LogP contribution in [0.1, 0.15) is 38.5 Å². The van der Waals surface area contributed by atoms with Crippen molar-refractivity contribution in [2.45, 2.75) is 50.3 Å². The Morgan fingerprint density at radius 3 is 2.57 bits per heavy atom. The van der Waals surface area contributed by atoms with Crippen LogP contribution in [0.4, 0.5) is 19.0 Å². The van der Waals surface area contributed by atoms with Crippen LogP contribution in [-0.4, -0.2) is 46.8 Å². The topological polar surface area (TPSA) is 67.3 Å². The third-order valence-electron chi connectivity index (χ3n) is 5.31.